The summed E-state index contributed by atoms with van der Waals surface area (Å²) in [5.74, 6) is -0.221. The summed E-state index contributed by atoms with van der Waals surface area (Å²) in [6.07, 6.45) is 3.19. The molecule has 0 radical (unpaired) electrons. The molecule has 9 nitrogen and oxygen atoms in total. The average molecular weight is 383 g/mol. The fraction of sp³-hybridized carbons (Fsp3) is 0.316. The molecule has 1 saturated heterocycles. The number of carboxylic acids is 1. The monoisotopic (exact) mass is 383 g/mol. The number of nitrogen functional groups attached to an aromatic ring is 1. The van der Waals surface area contributed by atoms with Crippen molar-refractivity contribution < 1.29 is 19.4 Å². The van der Waals surface area contributed by atoms with E-state index in [2.05, 4.69) is 15.3 Å². The van der Waals surface area contributed by atoms with Gasteiger partial charge in [-0.3, -0.25) is 15.0 Å². The van der Waals surface area contributed by atoms with Crippen molar-refractivity contribution in [2.75, 3.05) is 6.61 Å². The van der Waals surface area contributed by atoms with Crippen molar-refractivity contribution in [1.29, 1.82) is 5.41 Å². The molecule has 1 aromatic heterocycles. The third-order valence-electron chi connectivity index (χ3n) is 4.65. The maximum absolute atomic E-state index is 12.1. The van der Waals surface area contributed by atoms with E-state index >= 15 is 0 Å². The minimum absolute atomic E-state index is 0.0891. The molecule has 2 aromatic rings. The summed E-state index contributed by atoms with van der Waals surface area (Å²) in [7, 11) is 0. The Bertz CT molecular complexity index is 898. The third-order valence-corrected chi connectivity index (χ3v) is 4.65. The van der Waals surface area contributed by atoms with Crippen molar-refractivity contribution in [3.63, 3.8) is 0 Å². The second-order valence-corrected chi connectivity index (χ2v) is 7.05. The number of nitrogens with zero attached hydrogens (tertiary/aromatic N) is 2. The van der Waals surface area contributed by atoms with Gasteiger partial charge in [0.15, 0.2) is 5.82 Å². The number of aromatic nitrogens is 2. The van der Waals surface area contributed by atoms with Crippen LogP contribution in [0.1, 0.15) is 25.3 Å². The molecule has 0 bridgehead atoms. The standard InChI is InChI=1S/C19H21N5O4/c1-19(7-15(25)26)6-13(24-18(19)27)10-28-14-4-2-11(3-5-14)17-22-8-12(9-23-17)16(20)21/h2-5,8-9,13H,6-7,10H2,1H3,(H3,20,21)(H,24,27)(H,25,26)/t13-,19-/m0/s1. The van der Waals surface area contributed by atoms with Crippen LogP contribution < -0.4 is 15.8 Å². The van der Waals surface area contributed by atoms with Crippen LogP contribution in [0.2, 0.25) is 0 Å². The van der Waals surface area contributed by atoms with E-state index in [-0.39, 0.29) is 30.8 Å². The molecule has 2 heterocycles. The average Bonchev–Trinajstić information content (AvgIpc) is 2.93. The molecule has 146 valence electrons. The number of amidine groups is 1. The summed E-state index contributed by atoms with van der Waals surface area (Å²) < 4.78 is 5.73. The molecule has 1 aliphatic heterocycles. The Kier molecular flexibility index (Phi) is 5.25. The first kappa shape index (κ1) is 19.3. The van der Waals surface area contributed by atoms with E-state index in [9.17, 15) is 9.59 Å². The van der Waals surface area contributed by atoms with Crippen molar-refractivity contribution >= 4 is 17.7 Å². The van der Waals surface area contributed by atoms with E-state index in [4.69, 9.17) is 21.0 Å². The maximum Gasteiger partial charge on any atom is 0.304 e. The van der Waals surface area contributed by atoms with Gasteiger partial charge in [0.05, 0.1) is 23.4 Å². The lowest BCUT2D eigenvalue weighted by atomic mass is 9.84. The lowest BCUT2D eigenvalue weighted by Gasteiger charge is -2.17. The molecule has 1 aliphatic rings. The van der Waals surface area contributed by atoms with Gasteiger partial charge in [0.25, 0.3) is 0 Å². The zero-order valence-electron chi connectivity index (χ0n) is 15.3. The largest absolute Gasteiger partial charge is 0.491 e. The summed E-state index contributed by atoms with van der Waals surface area (Å²) in [5.41, 5.74) is 5.72. The van der Waals surface area contributed by atoms with Gasteiger partial charge < -0.3 is 20.9 Å². The molecule has 0 saturated carbocycles. The van der Waals surface area contributed by atoms with Crippen molar-refractivity contribution in [2.45, 2.75) is 25.8 Å². The molecular formula is C19H21N5O4. The molecule has 3 rings (SSSR count). The van der Waals surface area contributed by atoms with E-state index in [0.717, 1.165) is 5.56 Å². The summed E-state index contributed by atoms with van der Waals surface area (Å²) in [6, 6.07) is 6.91. The molecule has 2 atom stereocenters. The highest BCUT2D eigenvalue weighted by Gasteiger charge is 2.44. The smallest absolute Gasteiger partial charge is 0.304 e. The van der Waals surface area contributed by atoms with Crippen LogP contribution in [0.4, 0.5) is 0 Å². The Balaban J connectivity index is 1.58. The molecule has 5 N–H and O–H groups in total. The van der Waals surface area contributed by atoms with Crippen LogP contribution in [0.15, 0.2) is 36.7 Å². The number of rotatable bonds is 7. The van der Waals surface area contributed by atoms with Gasteiger partial charge in [0, 0.05) is 18.0 Å². The van der Waals surface area contributed by atoms with Gasteiger partial charge in [-0.15, -0.1) is 0 Å². The van der Waals surface area contributed by atoms with Gasteiger partial charge in [-0.25, -0.2) is 9.97 Å². The van der Waals surface area contributed by atoms with Gasteiger partial charge in [-0.1, -0.05) is 6.92 Å². The van der Waals surface area contributed by atoms with Crippen LogP contribution in [0, 0.1) is 10.8 Å². The third kappa shape index (κ3) is 4.25. The van der Waals surface area contributed by atoms with Gasteiger partial charge in [0.2, 0.25) is 5.91 Å². The fourth-order valence-electron chi connectivity index (χ4n) is 3.15. The zero-order chi connectivity index (χ0) is 20.3. The SMILES string of the molecule is C[C@@]1(CC(=O)O)C[C@@H](COc2ccc(-c3ncc(C(=N)N)cn3)cc2)NC1=O. The van der Waals surface area contributed by atoms with Crippen molar-refractivity contribution in [3.05, 3.63) is 42.2 Å². The van der Waals surface area contributed by atoms with E-state index in [1.165, 1.54) is 12.4 Å². The molecule has 1 amide bonds. The number of hydrogen-bond acceptors (Lipinski definition) is 6. The second-order valence-electron chi connectivity index (χ2n) is 7.05. The Morgan fingerprint density at radius 3 is 2.57 bits per heavy atom. The van der Waals surface area contributed by atoms with Crippen LogP contribution in [0.25, 0.3) is 11.4 Å². The first-order valence-corrected chi connectivity index (χ1v) is 8.69. The summed E-state index contributed by atoms with van der Waals surface area (Å²) >= 11 is 0. The number of amides is 1. The van der Waals surface area contributed by atoms with Gasteiger partial charge >= 0.3 is 5.97 Å². The normalized spacial score (nSPS) is 21.2. The number of carbonyl (C=O) groups excluding carboxylic acids is 1. The van der Waals surface area contributed by atoms with Crippen molar-refractivity contribution in [3.8, 4) is 17.1 Å². The molecule has 0 spiro atoms. The first-order valence-electron chi connectivity index (χ1n) is 8.69. The molecule has 1 aromatic carbocycles. The summed E-state index contributed by atoms with van der Waals surface area (Å²) in [6.45, 7) is 1.91. The maximum atomic E-state index is 12.1. The van der Waals surface area contributed by atoms with Crippen molar-refractivity contribution in [1.82, 2.24) is 15.3 Å². The number of nitrogens with one attached hydrogen (secondary N) is 2. The van der Waals surface area contributed by atoms with Gasteiger partial charge in [-0.05, 0) is 30.7 Å². The van der Waals surface area contributed by atoms with Gasteiger partial charge in [-0.2, -0.15) is 0 Å². The van der Waals surface area contributed by atoms with E-state index in [1.807, 2.05) is 0 Å². The first-order chi connectivity index (χ1) is 13.3. The Morgan fingerprint density at radius 2 is 2.00 bits per heavy atom. The van der Waals surface area contributed by atoms with E-state index in [0.29, 0.717) is 23.6 Å². The number of nitrogens with two attached hydrogens (primary N) is 1. The highest BCUT2D eigenvalue weighted by atomic mass is 16.5. The number of carbonyl (C=O) groups is 2. The Hall–Kier alpha value is -3.49. The Morgan fingerprint density at radius 1 is 1.36 bits per heavy atom. The molecule has 1 fully saturated rings. The number of benzene rings is 1. The molecule has 9 heteroatoms. The highest BCUT2D eigenvalue weighted by molar-refractivity contribution is 5.94. The lowest BCUT2D eigenvalue weighted by Crippen LogP contribution is -2.33. The summed E-state index contributed by atoms with van der Waals surface area (Å²) in [4.78, 5) is 31.4. The van der Waals surface area contributed by atoms with Crippen LogP contribution >= 0.6 is 0 Å². The topological polar surface area (TPSA) is 151 Å². The zero-order valence-corrected chi connectivity index (χ0v) is 15.3. The predicted molar refractivity (Wildman–Crippen MR) is 101 cm³/mol. The van der Waals surface area contributed by atoms with Crippen LogP contribution in [0.3, 0.4) is 0 Å². The van der Waals surface area contributed by atoms with Crippen molar-refractivity contribution in [2.24, 2.45) is 11.1 Å². The molecule has 0 aliphatic carbocycles. The van der Waals surface area contributed by atoms with Crippen LogP contribution in [-0.2, 0) is 9.59 Å². The van der Waals surface area contributed by atoms with E-state index in [1.54, 1.807) is 31.2 Å². The predicted octanol–water partition coefficient (Wildman–Crippen LogP) is 1.18. The number of hydrogen-bond donors (Lipinski definition) is 4. The minimum atomic E-state index is -0.992. The number of carboxylic acid groups (broad SMARTS) is 1. The second kappa shape index (κ2) is 7.63. The Labute approximate surface area is 161 Å². The molecule has 28 heavy (non-hydrogen) atoms. The lowest BCUT2D eigenvalue weighted by molar-refractivity contribution is -0.143. The summed E-state index contributed by atoms with van der Waals surface area (Å²) in [5, 5.41) is 19.1. The minimum Gasteiger partial charge on any atom is -0.491 e. The van der Waals surface area contributed by atoms with E-state index < -0.39 is 11.4 Å². The van der Waals surface area contributed by atoms with Crippen LogP contribution in [-0.4, -0.2) is 45.4 Å². The van der Waals surface area contributed by atoms with Crippen LogP contribution in [0.5, 0.6) is 5.75 Å². The fourth-order valence-corrected chi connectivity index (χ4v) is 3.15. The quantitative estimate of drug-likeness (QED) is 0.414. The molecule has 0 unspecified atom stereocenters. The highest BCUT2D eigenvalue weighted by Crippen LogP contribution is 2.33. The molecular weight excluding hydrogens is 362 g/mol. The van der Waals surface area contributed by atoms with Gasteiger partial charge in [0.1, 0.15) is 18.2 Å². The number of aliphatic carboxylic acids is 1. The number of ether oxygens (including phenoxy) is 1.